The maximum Gasteiger partial charge on any atom is 0.336 e. The molecule has 0 fully saturated rings. The van der Waals surface area contributed by atoms with E-state index >= 15 is 0 Å². The van der Waals surface area contributed by atoms with E-state index in [1.807, 2.05) is 13.8 Å². The molecule has 0 aliphatic heterocycles. The second-order valence-corrected chi connectivity index (χ2v) is 4.05. The Morgan fingerprint density at radius 2 is 2.13 bits per heavy atom. The van der Waals surface area contributed by atoms with Gasteiger partial charge in [0.05, 0.1) is 5.56 Å². The van der Waals surface area contributed by atoms with Gasteiger partial charge in [-0.05, 0) is 30.0 Å². The van der Waals surface area contributed by atoms with Crippen LogP contribution in [0.3, 0.4) is 0 Å². The van der Waals surface area contributed by atoms with Crippen LogP contribution in [-0.4, -0.2) is 16.9 Å². The van der Waals surface area contributed by atoms with E-state index in [1.165, 1.54) is 6.07 Å². The number of rotatable bonds is 1. The molecule has 15 heavy (non-hydrogen) atoms. The summed E-state index contributed by atoms with van der Waals surface area (Å²) >= 11 is 0. The predicted octanol–water partition coefficient (Wildman–Crippen LogP) is 2.38. The number of carbonyl (C=O) groups excluding carboxylic acids is 1. The second-order valence-electron chi connectivity index (χ2n) is 4.05. The Morgan fingerprint density at radius 3 is 2.73 bits per heavy atom. The minimum atomic E-state index is -1.02. The van der Waals surface area contributed by atoms with Gasteiger partial charge in [0.25, 0.3) is 0 Å². The summed E-state index contributed by atoms with van der Waals surface area (Å²) in [5.74, 6) is -0.917. The Bertz CT molecular complexity index is 460. The predicted molar refractivity (Wildman–Crippen MR) is 55.5 cm³/mol. The second kappa shape index (κ2) is 3.19. The highest BCUT2D eigenvalue weighted by atomic mass is 16.4. The molecule has 0 saturated heterocycles. The van der Waals surface area contributed by atoms with Gasteiger partial charge in [0.15, 0.2) is 5.78 Å². The van der Waals surface area contributed by atoms with Crippen molar-refractivity contribution in [3.05, 3.63) is 34.4 Å². The molecule has 0 saturated carbocycles. The van der Waals surface area contributed by atoms with Crippen LogP contribution >= 0.6 is 0 Å². The topological polar surface area (TPSA) is 54.4 Å². The molecule has 1 aliphatic rings. The Hall–Kier alpha value is -1.64. The number of carboxylic acid groups (broad SMARTS) is 1. The van der Waals surface area contributed by atoms with Crippen LogP contribution in [0.4, 0.5) is 0 Å². The number of aryl methyl sites for hydroxylation is 1. The van der Waals surface area contributed by atoms with Gasteiger partial charge in [-0.1, -0.05) is 13.0 Å². The average molecular weight is 204 g/mol. The Balaban J connectivity index is 2.75. The molecule has 3 nitrogen and oxygen atoms in total. The fourth-order valence-electron chi connectivity index (χ4n) is 2.32. The third-order valence-electron chi connectivity index (χ3n) is 2.96. The van der Waals surface area contributed by atoms with Crippen molar-refractivity contribution in [2.75, 3.05) is 0 Å². The van der Waals surface area contributed by atoms with Gasteiger partial charge < -0.3 is 5.11 Å². The fourth-order valence-corrected chi connectivity index (χ4v) is 2.32. The molecule has 0 radical (unpaired) electrons. The summed E-state index contributed by atoms with van der Waals surface area (Å²) < 4.78 is 0. The summed E-state index contributed by atoms with van der Waals surface area (Å²) in [5.41, 5.74) is 2.49. The van der Waals surface area contributed by atoms with Gasteiger partial charge in [0.1, 0.15) is 0 Å². The molecule has 0 bridgehead atoms. The van der Waals surface area contributed by atoms with Crippen LogP contribution in [0.25, 0.3) is 0 Å². The molecule has 1 atom stereocenters. The van der Waals surface area contributed by atoms with Crippen LogP contribution in [0.5, 0.6) is 0 Å². The number of benzene rings is 1. The van der Waals surface area contributed by atoms with Gasteiger partial charge in [-0.25, -0.2) is 4.79 Å². The van der Waals surface area contributed by atoms with Crippen LogP contribution in [0.15, 0.2) is 12.1 Å². The molecule has 1 N–H and O–H groups in total. The number of hydrogen-bond acceptors (Lipinski definition) is 2. The SMILES string of the molecule is Cc1ccc(C(=O)O)c2c1[C@@H](C)CC2=O. The van der Waals surface area contributed by atoms with Crippen LogP contribution in [0.2, 0.25) is 0 Å². The zero-order valence-corrected chi connectivity index (χ0v) is 8.70. The fraction of sp³-hybridized carbons (Fsp3) is 0.333. The van der Waals surface area contributed by atoms with Crippen molar-refractivity contribution in [2.45, 2.75) is 26.2 Å². The van der Waals surface area contributed by atoms with Crippen molar-refractivity contribution < 1.29 is 14.7 Å². The van der Waals surface area contributed by atoms with Crippen LogP contribution in [0.1, 0.15) is 51.1 Å². The molecule has 0 heterocycles. The molecule has 0 aromatic heterocycles. The van der Waals surface area contributed by atoms with Crippen molar-refractivity contribution in [2.24, 2.45) is 0 Å². The number of ketones is 1. The number of Topliss-reactive ketones (excluding diaryl/α,β-unsaturated/α-hetero) is 1. The van der Waals surface area contributed by atoms with Crippen molar-refractivity contribution >= 4 is 11.8 Å². The molecule has 2 rings (SSSR count). The molecule has 1 aromatic rings. The summed E-state index contributed by atoms with van der Waals surface area (Å²) in [6.07, 6.45) is 0.431. The van der Waals surface area contributed by atoms with Gasteiger partial charge in [0.2, 0.25) is 0 Å². The Morgan fingerprint density at radius 1 is 1.47 bits per heavy atom. The van der Waals surface area contributed by atoms with E-state index < -0.39 is 5.97 Å². The smallest absolute Gasteiger partial charge is 0.336 e. The van der Waals surface area contributed by atoms with Gasteiger partial charge in [-0.15, -0.1) is 0 Å². The van der Waals surface area contributed by atoms with E-state index in [9.17, 15) is 9.59 Å². The minimum absolute atomic E-state index is 0.0430. The average Bonchev–Trinajstić information content (AvgIpc) is 2.43. The third-order valence-corrected chi connectivity index (χ3v) is 2.96. The molecule has 3 heteroatoms. The number of carboxylic acids is 1. The molecule has 1 aromatic carbocycles. The van der Waals surface area contributed by atoms with E-state index in [4.69, 9.17) is 5.11 Å². The maximum atomic E-state index is 11.7. The molecule has 0 unspecified atom stereocenters. The first-order valence-electron chi connectivity index (χ1n) is 4.92. The van der Waals surface area contributed by atoms with E-state index in [0.29, 0.717) is 12.0 Å². The summed E-state index contributed by atoms with van der Waals surface area (Å²) in [6, 6.07) is 3.30. The summed E-state index contributed by atoms with van der Waals surface area (Å²) in [7, 11) is 0. The lowest BCUT2D eigenvalue weighted by molar-refractivity contribution is 0.0692. The standard InChI is InChI=1S/C12H12O3/c1-6-3-4-8(12(14)15)11-9(13)5-7(2)10(6)11/h3-4,7H,5H2,1-2H3,(H,14,15)/t7-/m0/s1. The molecule has 78 valence electrons. The number of carbonyl (C=O) groups is 2. The number of hydrogen-bond donors (Lipinski definition) is 1. The van der Waals surface area contributed by atoms with E-state index in [-0.39, 0.29) is 17.3 Å². The van der Waals surface area contributed by atoms with Crippen LogP contribution in [0, 0.1) is 6.92 Å². The van der Waals surface area contributed by atoms with E-state index in [1.54, 1.807) is 6.07 Å². The highest BCUT2D eigenvalue weighted by Gasteiger charge is 2.31. The van der Waals surface area contributed by atoms with Crippen molar-refractivity contribution in [3.8, 4) is 0 Å². The third kappa shape index (κ3) is 1.35. The first-order valence-corrected chi connectivity index (χ1v) is 4.92. The highest BCUT2D eigenvalue weighted by molar-refractivity contribution is 6.09. The van der Waals surface area contributed by atoms with Gasteiger partial charge in [-0.2, -0.15) is 0 Å². The van der Waals surface area contributed by atoms with Crippen molar-refractivity contribution in [1.29, 1.82) is 0 Å². The lowest BCUT2D eigenvalue weighted by Gasteiger charge is -2.09. The minimum Gasteiger partial charge on any atom is -0.478 e. The lowest BCUT2D eigenvalue weighted by Crippen LogP contribution is -2.06. The normalized spacial score (nSPS) is 19.1. The van der Waals surface area contributed by atoms with Gasteiger partial charge in [-0.3, -0.25) is 4.79 Å². The van der Waals surface area contributed by atoms with Crippen LogP contribution < -0.4 is 0 Å². The zero-order chi connectivity index (χ0) is 11.2. The lowest BCUT2D eigenvalue weighted by atomic mass is 9.95. The zero-order valence-electron chi connectivity index (χ0n) is 8.70. The quantitative estimate of drug-likeness (QED) is 0.764. The van der Waals surface area contributed by atoms with Crippen LogP contribution in [-0.2, 0) is 0 Å². The van der Waals surface area contributed by atoms with Gasteiger partial charge in [0, 0.05) is 12.0 Å². The molecular weight excluding hydrogens is 192 g/mol. The van der Waals surface area contributed by atoms with Crippen molar-refractivity contribution in [1.82, 2.24) is 0 Å². The summed E-state index contributed by atoms with van der Waals surface area (Å²) in [6.45, 7) is 3.88. The number of aromatic carboxylic acids is 1. The first kappa shape index (κ1) is 9.90. The molecule has 0 amide bonds. The summed E-state index contributed by atoms with van der Waals surface area (Å²) in [4.78, 5) is 22.7. The van der Waals surface area contributed by atoms with E-state index in [2.05, 4.69) is 0 Å². The highest BCUT2D eigenvalue weighted by Crippen LogP contribution is 2.36. The summed E-state index contributed by atoms with van der Waals surface area (Å²) in [5, 5.41) is 8.99. The largest absolute Gasteiger partial charge is 0.478 e. The van der Waals surface area contributed by atoms with Crippen molar-refractivity contribution in [3.63, 3.8) is 0 Å². The van der Waals surface area contributed by atoms with E-state index in [0.717, 1.165) is 11.1 Å². The molecule has 0 spiro atoms. The molecular formula is C12H12O3. The molecule has 1 aliphatic carbocycles. The first-order chi connectivity index (χ1) is 7.02. The monoisotopic (exact) mass is 204 g/mol. The Labute approximate surface area is 87.7 Å². The van der Waals surface area contributed by atoms with Gasteiger partial charge >= 0.3 is 5.97 Å². The Kier molecular flexibility index (Phi) is 2.11. The maximum absolute atomic E-state index is 11.7. The number of fused-ring (bicyclic) bond motifs is 1.